The minimum absolute atomic E-state index is 0.109. The largest absolute Gasteiger partial charge is 0.384 e. The summed E-state index contributed by atoms with van der Waals surface area (Å²) in [5, 5.41) is 0. The van der Waals surface area contributed by atoms with E-state index in [2.05, 4.69) is 39.5 Å². The monoisotopic (exact) mass is 437 g/mol. The minimum Gasteiger partial charge on any atom is -0.384 e. The van der Waals surface area contributed by atoms with E-state index in [1.54, 1.807) is 19.2 Å². The summed E-state index contributed by atoms with van der Waals surface area (Å²) in [6, 6.07) is 7.28. The van der Waals surface area contributed by atoms with Gasteiger partial charge in [0.2, 0.25) is 0 Å². The van der Waals surface area contributed by atoms with Gasteiger partial charge in [-0.05, 0) is 47.8 Å². The number of morpholine rings is 1. The molecule has 5 heteroatoms. The lowest BCUT2D eigenvalue weighted by atomic mass is 9.80. The molecule has 1 aliphatic rings. The van der Waals surface area contributed by atoms with E-state index < -0.39 is 0 Å². The zero-order valence-electron chi connectivity index (χ0n) is 20.6. The number of hydrogen-bond acceptors (Lipinski definition) is 4. The van der Waals surface area contributed by atoms with E-state index in [0.29, 0.717) is 5.92 Å². The van der Waals surface area contributed by atoms with Crippen LogP contribution in [0.25, 0.3) is 0 Å². The number of ether oxygens (including phenoxy) is 3. The minimum atomic E-state index is -0.182. The lowest BCUT2D eigenvalue weighted by Gasteiger charge is -2.39. The Labute approximate surface area is 189 Å². The van der Waals surface area contributed by atoms with E-state index in [0.717, 1.165) is 65.4 Å². The second kappa shape index (κ2) is 12.3. The molecule has 2 unspecified atom stereocenters. The molecule has 0 N–H and O–H groups in total. The van der Waals surface area contributed by atoms with Crippen LogP contribution < -0.4 is 0 Å². The van der Waals surface area contributed by atoms with Crippen LogP contribution in [-0.4, -0.2) is 58.1 Å². The van der Waals surface area contributed by atoms with Crippen LogP contribution in [0.3, 0.4) is 0 Å². The number of rotatable bonds is 12. The number of nitrogens with zero attached hydrogens (tertiary/aromatic N) is 1. The molecule has 1 aromatic carbocycles. The Balaban J connectivity index is 1.92. The fourth-order valence-electron chi connectivity index (χ4n) is 4.52. The van der Waals surface area contributed by atoms with Crippen LogP contribution in [0.4, 0.5) is 4.39 Å². The Bertz CT molecular complexity index is 621. The SMILES string of the molecule is COCC(COCCC(C)(C)CC(c1ccc(F)cc1)N1CCOCC1)CC(C)(C)C. The van der Waals surface area contributed by atoms with Crippen molar-refractivity contribution in [3.8, 4) is 0 Å². The zero-order chi connectivity index (χ0) is 22.9. The Hall–Kier alpha value is -1.01. The first-order valence-corrected chi connectivity index (χ1v) is 11.7. The number of benzene rings is 1. The van der Waals surface area contributed by atoms with Crippen LogP contribution in [0.5, 0.6) is 0 Å². The van der Waals surface area contributed by atoms with E-state index in [4.69, 9.17) is 14.2 Å². The van der Waals surface area contributed by atoms with Crippen molar-refractivity contribution < 1.29 is 18.6 Å². The van der Waals surface area contributed by atoms with Gasteiger partial charge >= 0.3 is 0 Å². The van der Waals surface area contributed by atoms with Crippen molar-refractivity contribution in [2.24, 2.45) is 16.7 Å². The first-order chi connectivity index (χ1) is 14.6. The first kappa shape index (κ1) is 26.2. The molecule has 0 saturated carbocycles. The summed E-state index contributed by atoms with van der Waals surface area (Å²) >= 11 is 0. The average Bonchev–Trinajstić information content (AvgIpc) is 2.70. The third-order valence-corrected chi connectivity index (χ3v) is 6.07. The number of methoxy groups -OCH3 is 1. The predicted molar refractivity (Wildman–Crippen MR) is 125 cm³/mol. The molecule has 2 atom stereocenters. The molecule has 1 fully saturated rings. The molecule has 178 valence electrons. The van der Waals surface area contributed by atoms with Crippen LogP contribution in [0, 0.1) is 22.6 Å². The van der Waals surface area contributed by atoms with E-state index in [-0.39, 0.29) is 22.7 Å². The Morgan fingerprint density at radius 1 is 1.00 bits per heavy atom. The van der Waals surface area contributed by atoms with Gasteiger partial charge in [0.25, 0.3) is 0 Å². The Morgan fingerprint density at radius 2 is 1.65 bits per heavy atom. The quantitative estimate of drug-likeness (QED) is 0.391. The molecule has 0 bridgehead atoms. The van der Waals surface area contributed by atoms with E-state index in [1.807, 2.05) is 12.1 Å². The van der Waals surface area contributed by atoms with Gasteiger partial charge in [-0.15, -0.1) is 0 Å². The molecule has 1 heterocycles. The van der Waals surface area contributed by atoms with Crippen LogP contribution in [0.2, 0.25) is 0 Å². The third-order valence-electron chi connectivity index (χ3n) is 6.07. The molecule has 0 aliphatic carbocycles. The maximum Gasteiger partial charge on any atom is 0.123 e. The van der Waals surface area contributed by atoms with Crippen molar-refractivity contribution in [1.29, 1.82) is 0 Å². The van der Waals surface area contributed by atoms with Gasteiger partial charge in [0.05, 0.1) is 26.4 Å². The number of hydrogen-bond donors (Lipinski definition) is 0. The summed E-state index contributed by atoms with van der Waals surface area (Å²) in [4.78, 5) is 2.48. The molecule has 1 aliphatic heterocycles. The summed E-state index contributed by atoms with van der Waals surface area (Å²) < 4.78 is 30.6. The highest BCUT2D eigenvalue weighted by Gasteiger charge is 2.30. The maximum atomic E-state index is 13.5. The normalized spacial score (nSPS) is 18.2. The van der Waals surface area contributed by atoms with Gasteiger partial charge in [-0.2, -0.15) is 0 Å². The lowest BCUT2D eigenvalue weighted by Crippen LogP contribution is -2.40. The molecule has 0 aromatic heterocycles. The van der Waals surface area contributed by atoms with Crippen LogP contribution in [0.15, 0.2) is 24.3 Å². The van der Waals surface area contributed by atoms with Gasteiger partial charge in [0.1, 0.15) is 5.82 Å². The average molecular weight is 438 g/mol. The Kier molecular flexibility index (Phi) is 10.4. The summed E-state index contributed by atoms with van der Waals surface area (Å²) in [6.07, 6.45) is 3.09. The van der Waals surface area contributed by atoms with Crippen molar-refractivity contribution in [3.05, 3.63) is 35.6 Å². The second-order valence-corrected chi connectivity index (χ2v) is 11.0. The van der Waals surface area contributed by atoms with Gasteiger partial charge in [-0.3, -0.25) is 4.90 Å². The molecule has 1 saturated heterocycles. The third kappa shape index (κ3) is 9.98. The summed E-state index contributed by atoms with van der Waals surface area (Å²) in [5.74, 6) is 0.242. The molecule has 0 amide bonds. The molecular weight excluding hydrogens is 393 g/mol. The molecule has 0 spiro atoms. The summed E-state index contributed by atoms with van der Waals surface area (Å²) in [5.41, 5.74) is 1.56. The smallest absolute Gasteiger partial charge is 0.123 e. The molecular formula is C26H44FNO3. The predicted octanol–water partition coefficient (Wildman–Crippen LogP) is 5.72. The molecule has 4 nitrogen and oxygen atoms in total. The topological polar surface area (TPSA) is 30.9 Å². The van der Waals surface area contributed by atoms with Crippen molar-refractivity contribution in [2.45, 2.75) is 59.9 Å². The van der Waals surface area contributed by atoms with Gasteiger partial charge in [-0.25, -0.2) is 4.39 Å². The zero-order valence-corrected chi connectivity index (χ0v) is 20.6. The van der Waals surface area contributed by atoms with Gasteiger partial charge < -0.3 is 14.2 Å². The van der Waals surface area contributed by atoms with Crippen molar-refractivity contribution in [3.63, 3.8) is 0 Å². The van der Waals surface area contributed by atoms with E-state index in [9.17, 15) is 4.39 Å². The van der Waals surface area contributed by atoms with Crippen molar-refractivity contribution >= 4 is 0 Å². The molecule has 0 radical (unpaired) electrons. The van der Waals surface area contributed by atoms with Crippen LogP contribution in [0.1, 0.15) is 65.5 Å². The van der Waals surface area contributed by atoms with Crippen molar-refractivity contribution in [1.82, 2.24) is 4.90 Å². The first-order valence-electron chi connectivity index (χ1n) is 11.7. The van der Waals surface area contributed by atoms with Gasteiger partial charge in [0, 0.05) is 38.8 Å². The fourth-order valence-corrected chi connectivity index (χ4v) is 4.52. The molecule has 1 aromatic rings. The van der Waals surface area contributed by atoms with Crippen LogP contribution >= 0.6 is 0 Å². The van der Waals surface area contributed by atoms with Crippen molar-refractivity contribution in [2.75, 3.05) is 53.2 Å². The van der Waals surface area contributed by atoms with E-state index in [1.165, 1.54) is 5.56 Å². The summed E-state index contributed by atoms with van der Waals surface area (Å²) in [7, 11) is 1.76. The highest BCUT2D eigenvalue weighted by Crippen LogP contribution is 2.37. The Morgan fingerprint density at radius 3 is 2.23 bits per heavy atom. The second-order valence-electron chi connectivity index (χ2n) is 11.0. The highest BCUT2D eigenvalue weighted by atomic mass is 19.1. The molecule has 31 heavy (non-hydrogen) atoms. The van der Waals surface area contributed by atoms with Crippen LogP contribution in [-0.2, 0) is 14.2 Å². The van der Waals surface area contributed by atoms with E-state index >= 15 is 0 Å². The maximum absolute atomic E-state index is 13.5. The standard InChI is InChI=1S/C26H44FNO3/c1-25(2,3)17-21(19-29-6)20-31-14-11-26(4,5)18-24(28-12-15-30-16-13-28)22-7-9-23(27)10-8-22/h7-10,21,24H,11-20H2,1-6H3. The van der Waals surface area contributed by atoms with Gasteiger partial charge in [0.15, 0.2) is 0 Å². The number of halogens is 1. The van der Waals surface area contributed by atoms with Gasteiger partial charge in [-0.1, -0.05) is 46.8 Å². The lowest BCUT2D eigenvalue weighted by molar-refractivity contribution is -0.00112. The molecule has 2 rings (SSSR count). The fraction of sp³-hybridized carbons (Fsp3) is 0.769. The highest BCUT2D eigenvalue weighted by molar-refractivity contribution is 5.20. The summed E-state index contributed by atoms with van der Waals surface area (Å²) in [6.45, 7) is 17.0.